The molecule has 0 aliphatic rings. The number of rotatable bonds is 8. The van der Waals surface area contributed by atoms with E-state index in [1.165, 1.54) is 5.56 Å². The van der Waals surface area contributed by atoms with Gasteiger partial charge in [0.15, 0.2) is 0 Å². The highest BCUT2D eigenvalue weighted by atomic mass is 32.2. The Morgan fingerprint density at radius 3 is 2.65 bits per heavy atom. The van der Waals surface area contributed by atoms with E-state index in [0.717, 1.165) is 12.0 Å². The first-order valence-corrected chi connectivity index (χ1v) is 6.82. The molecule has 0 saturated carbocycles. The maximum atomic E-state index is 10.2. The fraction of sp³-hybridized carbons (Fsp3) is 0.500. The van der Waals surface area contributed by atoms with Crippen molar-refractivity contribution in [1.29, 1.82) is 0 Å². The Bertz CT molecular complexity index is 322. The van der Waals surface area contributed by atoms with Gasteiger partial charge in [-0.05, 0) is 19.4 Å². The monoisotopic (exact) mass is 252 g/mol. The number of carbonyl (C=O) groups is 1. The van der Waals surface area contributed by atoms with E-state index < -0.39 is 0 Å². The molecule has 0 aromatic heterocycles. The Hall–Kier alpha value is -0.800. The molecule has 0 aliphatic heterocycles. The first-order valence-electron chi connectivity index (χ1n) is 5.83. The van der Waals surface area contributed by atoms with Gasteiger partial charge >= 0.3 is 0 Å². The molecule has 3 heteroatoms. The van der Waals surface area contributed by atoms with Crippen molar-refractivity contribution >= 4 is 18.0 Å². The van der Waals surface area contributed by atoms with E-state index in [0.29, 0.717) is 19.6 Å². The summed E-state index contributed by atoms with van der Waals surface area (Å²) in [5.41, 5.74) is 1.20. The van der Waals surface area contributed by atoms with Gasteiger partial charge in [-0.2, -0.15) is 11.8 Å². The van der Waals surface area contributed by atoms with Crippen molar-refractivity contribution in [2.75, 3.05) is 12.4 Å². The van der Waals surface area contributed by atoms with Gasteiger partial charge in [0.1, 0.15) is 6.29 Å². The maximum absolute atomic E-state index is 10.2. The molecule has 0 atom stereocenters. The molecule has 94 valence electrons. The molecule has 1 aromatic carbocycles. The molecule has 1 rings (SSSR count). The Labute approximate surface area is 108 Å². The number of benzene rings is 1. The number of carbonyl (C=O) groups excluding carboxylic acids is 1. The quantitative estimate of drug-likeness (QED) is 0.524. The zero-order valence-electron chi connectivity index (χ0n) is 10.5. The van der Waals surface area contributed by atoms with E-state index in [1.54, 1.807) is 11.8 Å². The molecule has 0 unspecified atom stereocenters. The van der Waals surface area contributed by atoms with Crippen LogP contribution in [0.2, 0.25) is 0 Å². The molecule has 0 N–H and O–H groups in total. The van der Waals surface area contributed by atoms with Gasteiger partial charge in [-0.3, -0.25) is 0 Å². The van der Waals surface area contributed by atoms with Crippen molar-refractivity contribution < 1.29 is 9.53 Å². The van der Waals surface area contributed by atoms with Crippen molar-refractivity contribution in [2.45, 2.75) is 31.6 Å². The van der Waals surface area contributed by atoms with Crippen molar-refractivity contribution in [1.82, 2.24) is 0 Å². The lowest BCUT2D eigenvalue weighted by molar-refractivity contribution is -0.107. The second-order valence-corrected chi connectivity index (χ2v) is 6.34. The summed E-state index contributed by atoms with van der Waals surface area (Å²) in [6.45, 7) is 5.64. The Morgan fingerprint density at radius 1 is 1.29 bits per heavy atom. The molecular weight excluding hydrogens is 232 g/mol. The summed E-state index contributed by atoms with van der Waals surface area (Å²) in [6.07, 6.45) is 1.58. The first kappa shape index (κ1) is 14.3. The van der Waals surface area contributed by atoms with Gasteiger partial charge in [0.05, 0.1) is 13.2 Å². The summed E-state index contributed by atoms with van der Waals surface area (Å²) in [6, 6.07) is 10.2. The predicted octanol–water partition coefficient (Wildman–Crippen LogP) is 3.30. The van der Waals surface area contributed by atoms with Gasteiger partial charge in [-0.15, -0.1) is 0 Å². The third-order valence-corrected chi connectivity index (χ3v) is 3.63. The van der Waals surface area contributed by atoms with Crippen molar-refractivity contribution in [3.05, 3.63) is 35.9 Å². The van der Waals surface area contributed by atoms with Crippen LogP contribution in [0.1, 0.15) is 25.8 Å². The van der Waals surface area contributed by atoms with Crippen LogP contribution in [0.25, 0.3) is 0 Å². The van der Waals surface area contributed by atoms with Crippen LogP contribution in [0.3, 0.4) is 0 Å². The summed E-state index contributed by atoms with van der Waals surface area (Å²) < 4.78 is 5.77. The van der Waals surface area contributed by atoms with E-state index in [2.05, 4.69) is 26.0 Å². The zero-order valence-corrected chi connectivity index (χ0v) is 11.3. The molecule has 0 saturated heterocycles. The smallest absolute Gasteiger partial charge is 0.120 e. The van der Waals surface area contributed by atoms with Crippen LogP contribution in [0, 0.1) is 0 Å². The molecule has 0 heterocycles. The number of aldehydes is 1. The third kappa shape index (κ3) is 6.49. The number of hydrogen-bond donors (Lipinski definition) is 0. The highest BCUT2D eigenvalue weighted by molar-refractivity contribution is 8.00. The van der Waals surface area contributed by atoms with Crippen molar-refractivity contribution in [3.8, 4) is 0 Å². The Morgan fingerprint density at radius 2 is 2.00 bits per heavy atom. The van der Waals surface area contributed by atoms with E-state index in [1.807, 2.05) is 18.2 Å². The minimum atomic E-state index is 0.0673. The second-order valence-electron chi connectivity index (χ2n) is 4.54. The summed E-state index contributed by atoms with van der Waals surface area (Å²) in [5, 5.41) is 0. The van der Waals surface area contributed by atoms with Gasteiger partial charge in [0.2, 0.25) is 0 Å². The molecule has 0 amide bonds. The van der Waals surface area contributed by atoms with Crippen molar-refractivity contribution in [2.24, 2.45) is 0 Å². The van der Waals surface area contributed by atoms with Crippen LogP contribution >= 0.6 is 11.8 Å². The predicted molar refractivity (Wildman–Crippen MR) is 73.3 cm³/mol. The van der Waals surface area contributed by atoms with Gasteiger partial charge in [-0.1, -0.05) is 30.3 Å². The molecule has 0 radical (unpaired) electrons. The largest absolute Gasteiger partial charge is 0.375 e. The molecule has 0 fully saturated rings. The van der Waals surface area contributed by atoms with Crippen LogP contribution in [0.15, 0.2) is 30.3 Å². The maximum Gasteiger partial charge on any atom is 0.120 e. The lowest BCUT2D eigenvalue weighted by Crippen LogP contribution is -2.23. The second kappa shape index (κ2) is 7.51. The highest BCUT2D eigenvalue weighted by Crippen LogP contribution is 2.25. The van der Waals surface area contributed by atoms with Crippen LogP contribution < -0.4 is 0 Å². The third-order valence-electron chi connectivity index (χ3n) is 2.29. The molecule has 17 heavy (non-hydrogen) atoms. The lowest BCUT2D eigenvalue weighted by atomic mass is 10.2. The molecule has 1 aromatic rings. The fourth-order valence-electron chi connectivity index (χ4n) is 1.41. The molecular formula is C14H20O2S. The zero-order chi connectivity index (χ0) is 12.6. The minimum Gasteiger partial charge on any atom is -0.375 e. The standard InChI is InChI=1S/C14H20O2S/c1-14(2,17-10-6-9-15)12-16-11-13-7-4-3-5-8-13/h3-5,7-9H,6,10-12H2,1-2H3. The summed E-state index contributed by atoms with van der Waals surface area (Å²) >= 11 is 1.78. The summed E-state index contributed by atoms with van der Waals surface area (Å²) in [4.78, 5) is 10.2. The van der Waals surface area contributed by atoms with Gasteiger partial charge in [-0.25, -0.2) is 0 Å². The average Bonchev–Trinajstić information content (AvgIpc) is 2.30. The minimum absolute atomic E-state index is 0.0673. The fourth-order valence-corrected chi connectivity index (χ4v) is 2.35. The molecule has 0 bridgehead atoms. The summed E-state index contributed by atoms with van der Waals surface area (Å²) in [5.74, 6) is 0.866. The van der Waals surface area contributed by atoms with Crippen LogP contribution in [0.4, 0.5) is 0 Å². The Balaban J connectivity index is 2.22. The SMILES string of the molecule is CC(C)(COCc1ccccc1)SCCC=O. The lowest BCUT2D eigenvalue weighted by Gasteiger charge is -2.23. The first-order chi connectivity index (χ1) is 8.14. The Kier molecular flexibility index (Phi) is 6.30. The number of ether oxygens (including phenoxy) is 1. The number of hydrogen-bond acceptors (Lipinski definition) is 3. The molecule has 0 spiro atoms. The highest BCUT2D eigenvalue weighted by Gasteiger charge is 2.18. The van der Waals surface area contributed by atoms with Crippen molar-refractivity contribution in [3.63, 3.8) is 0 Å². The normalized spacial score (nSPS) is 11.4. The average molecular weight is 252 g/mol. The van der Waals surface area contributed by atoms with Gasteiger partial charge in [0, 0.05) is 16.9 Å². The topological polar surface area (TPSA) is 26.3 Å². The van der Waals surface area contributed by atoms with Gasteiger partial charge < -0.3 is 9.53 Å². The van der Waals surface area contributed by atoms with E-state index in [-0.39, 0.29) is 4.75 Å². The number of thioether (sulfide) groups is 1. The van der Waals surface area contributed by atoms with E-state index in [4.69, 9.17) is 4.74 Å². The van der Waals surface area contributed by atoms with Crippen LogP contribution in [0.5, 0.6) is 0 Å². The van der Waals surface area contributed by atoms with E-state index in [9.17, 15) is 4.79 Å². The summed E-state index contributed by atoms with van der Waals surface area (Å²) in [7, 11) is 0. The van der Waals surface area contributed by atoms with Gasteiger partial charge in [0.25, 0.3) is 0 Å². The van der Waals surface area contributed by atoms with Crippen LogP contribution in [-0.4, -0.2) is 23.4 Å². The molecule has 2 nitrogen and oxygen atoms in total. The van der Waals surface area contributed by atoms with Crippen LogP contribution in [-0.2, 0) is 16.1 Å². The van der Waals surface area contributed by atoms with E-state index >= 15 is 0 Å². The molecule has 0 aliphatic carbocycles.